The zero-order valence-corrected chi connectivity index (χ0v) is 17.8. The fourth-order valence-corrected chi connectivity index (χ4v) is 3.51. The Morgan fingerprint density at radius 2 is 1.35 bits per heavy atom. The number of nitrogens with one attached hydrogen (secondary N) is 2. The number of anilines is 2. The number of aromatic nitrogens is 3. The standard InChI is InChI=1S/C26H18FN5O2/c27-20-3-1-17(2-4-20)25(33)31-22-7-10-24-19(15-22)16-29-32(24)23-8-5-21(6-9-23)30-26(34)18-11-13-28-14-12-18/h1-16H,(H,30,34)(H,31,33). The average Bonchev–Trinajstić information content (AvgIpc) is 3.28. The van der Waals surface area contributed by atoms with Crippen LogP contribution in [-0.4, -0.2) is 26.6 Å². The van der Waals surface area contributed by atoms with Crippen molar-refractivity contribution in [2.24, 2.45) is 0 Å². The summed E-state index contributed by atoms with van der Waals surface area (Å²) in [4.78, 5) is 28.6. The highest BCUT2D eigenvalue weighted by molar-refractivity contribution is 6.05. The molecule has 0 aliphatic carbocycles. The molecule has 7 nitrogen and oxygen atoms in total. The van der Waals surface area contributed by atoms with Gasteiger partial charge in [0.25, 0.3) is 11.8 Å². The van der Waals surface area contributed by atoms with E-state index in [9.17, 15) is 14.0 Å². The first-order chi connectivity index (χ1) is 16.6. The Bertz CT molecular complexity index is 1480. The molecule has 2 aromatic heterocycles. The van der Waals surface area contributed by atoms with Gasteiger partial charge in [0.15, 0.2) is 0 Å². The van der Waals surface area contributed by atoms with Gasteiger partial charge in [-0.3, -0.25) is 14.6 Å². The summed E-state index contributed by atoms with van der Waals surface area (Å²) in [6.45, 7) is 0. The molecular formula is C26H18FN5O2. The van der Waals surface area contributed by atoms with Crippen LogP contribution in [0.1, 0.15) is 20.7 Å². The smallest absolute Gasteiger partial charge is 0.255 e. The maximum Gasteiger partial charge on any atom is 0.255 e. The molecule has 0 aliphatic rings. The van der Waals surface area contributed by atoms with Crippen LogP contribution in [0, 0.1) is 5.82 Å². The highest BCUT2D eigenvalue weighted by Gasteiger charge is 2.10. The highest BCUT2D eigenvalue weighted by Crippen LogP contribution is 2.23. The normalized spacial score (nSPS) is 10.7. The number of carbonyl (C=O) groups is 2. The van der Waals surface area contributed by atoms with Crippen molar-refractivity contribution in [3.63, 3.8) is 0 Å². The van der Waals surface area contributed by atoms with E-state index in [4.69, 9.17) is 0 Å². The van der Waals surface area contributed by atoms with Crippen LogP contribution in [0.4, 0.5) is 15.8 Å². The summed E-state index contributed by atoms with van der Waals surface area (Å²) in [5.41, 5.74) is 3.84. The molecular weight excluding hydrogens is 433 g/mol. The third kappa shape index (κ3) is 4.37. The summed E-state index contributed by atoms with van der Waals surface area (Å²) in [5.74, 6) is -0.930. The predicted octanol–water partition coefficient (Wildman–Crippen LogP) is 5.06. The lowest BCUT2D eigenvalue weighted by atomic mass is 10.2. The fourth-order valence-electron chi connectivity index (χ4n) is 3.51. The van der Waals surface area contributed by atoms with Crippen LogP contribution in [0.25, 0.3) is 16.6 Å². The zero-order chi connectivity index (χ0) is 23.5. The highest BCUT2D eigenvalue weighted by atomic mass is 19.1. The molecule has 0 radical (unpaired) electrons. The van der Waals surface area contributed by atoms with Gasteiger partial charge in [0.2, 0.25) is 0 Å². The third-order valence-electron chi connectivity index (χ3n) is 5.24. The molecule has 3 aromatic carbocycles. The molecule has 5 aromatic rings. The molecule has 2 amide bonds. The maximum atomic E-state index is 13.1. The van der Waals surface area contributed by atoms with Crippen LogP contribution in [0.15, 0.2) is 97.5 Å². The molecule has 2 N–H and O–H groups in total. The Kier molecular flexibility index (Phi) is 5.53. The van der Waals surface area contributed by atoms with E-state index in [1.807, 2.05) is 24.3 Å². The van der Waals surface area contributed by atoms with Crippen LogP contribution in [-0.2, 0) is 0 Å². The van der Waals surface area contributed by atoms with Crippen LogP contribution in [0.3, 0.4) is 0 Å². The van der Waals surface area contributed by atoms with Crippen molar-refractivity contribution in [3.8, 4) is 5.69 Å². The Morgan fingerprint density at radius 3 is 2.06 bits per heavy atom. The SMILES string of the molecule is O=C(Nc1ccc(-n2ncc3cc(NC(=O)c4ccc(F)cc4)ccc32)cc1)c1ccncc1. The quantitative estimate of drug-likeness (QED) is 0.391. The number of amides is 2. The van der Waals surface area contributed by atoms with Crippen molar-refractivity contribution in [3.05, 3.63) is 114 Å². The number of pyridine rings is 1. The fraction of sp³-hybridized carbons (Fsp3) is 0. The maximum absolute atomic E-state index is 13.1. The number of benzene rings is 3. The average molecular weight is 451 g/mol. The molecule has 0 saturated carbocycles. The number of hydrogen-bond donors (Lipinski definition) is 2. The van der Waals surface area contributed by atoms with Gasteiger partial charge in [-0.25, -0.2) is 9.07 Å². The zero-order valence-electron chi connectivity index (χ0n) is 17.8. The number of hydrogen-bond acceptors (Lipinski definition) is 4. The van der Waals surface area contributed by atoms with E-state index in [2.05, 4.69) is 20.7 Å². The van der Waals surface area contributed by atoms with E-state index in [-0.39, 0.29) is 11.8 Å². The van der Waals surface area contributed by atoms with Gasteiger partial charge >= 0.3 is 0 Å². The molecule has 0 spiro atoms. The Labute approximate surface area is 193 Å². The minimum absolute atomic E-state index is 0.213. The van der Waals surface area contributed by atoms with Gasteiger partial charge < -0.3 is 10.6 Å². The van der Waals surface area contributed by atoms with Crippen molar-refractivity contribution in [1.29, 1.82) is 0 Å². The minimum atomic E-state index is -0.394. The molecule has 5 rings (SSSR count). The summed E-state index contributed by atoms with van der Waals surface area (Å²) in [6.07, 6.45) is 4.85. The Hall–Kier alpha value is -4.85. The summed E-state index contributed by atoms with van der Waals surface area (Å²) in [7, 11) is 0. The second-order valence-corrected chi connectivity index (χ2v) is 7.53. The van der Waals surface area contributed by atoms with Crippen molar-refractivity contribution in [2.75, 3.05) is 10.6 Å². The Balaban J connectivity index is 1.32. The first-order valence-corrected chi connectivity index (χ1v) is 10.4. The van der Waals surface area contributed by atoms with Gasteiger partial charge in [0, 0.05) is 40.3 Å². The van der Waals surface area contributed by atoms with Gasteiger partial charge in [0.1, 0.15) is 5.82 Å². The lowest BCUT2D eigenvalue weighted by Crippen LogP contribution is -2.12. The van der Waals surface area contributed by atoms with Crippen molar-refractivity contribution in [1.82, 2.24) is 14.8 Å². The molecule has 0 saturated heterocycles. The Morgan fingerprint density at radius 1 is 0.735 bits per heavy atom. The van der Waals surface area contributed by atoms with E-state index in [0.29, 0.717) is 22.5 Å². The molecule has 0 fully saturated rings. The number of carbonyl (C=O) groups excluding carboxylic acids is 2. The van der Waals surface area contributed by atoms with Crippen LogP contribution in [0.2, 0.25) is 0 Å². The number of fused-ring (bicyclic) bond motifs is 1. The lowest BCUT2D eigenvalue weighted by Gasteiger charge is -2.08. The first-order valence-electron chi connectivity index (χ1n) is 10.4. The summed E-state index contributed by atoms with van der Waals surface area (Å²) in [5, 5.41) is 11.0. The molecule has 0 bridgehead atoms. The van der Waals surface area contributed by atoms with E-state index in [1.54, 1.807) is 53.6 Å². The van der Waals surface area contributed by atoms with Gasteiger partial charge in [-0.15, -0.1) is 0 Å². The van der Waals surface area contributed by atoms with E-state index in [1.165, 1.54) is 24.3 Å². The summed E-state index contributed by atoms with van der Waals surface area (Å²) in [6, 6.07) is 21.5. The topological polar surface area (TPSA) is 88.9 Å². The first kappa shape index (κ1) is 21.0. The molecule has 0 atom stereocenters. The lowest BCUT2D eigenvalue weighted by molar-refractivity contribution is 0.101. The molecule has 0 aliphatic heterocycles. The molecule has 2 heterocycles. The monoisotopic (exact) mass is 451 g/mol. The van der Waals surface area contributed by atoms with Gasteiger partial charge in [-0.2, -0.15) is 5.10 Å². The van der Waals surface area contributed by atoms with Crippen molar-refractivity contribution in [2.45, 2.75) is 0 Å². The van der Waals surface area contributed by atoms with Crippen molar-refractivity contribution < 1.29 is 14.0 Å². The molecule has 8 heteroatoms. The second-order valence-electron chi connectivity index (χ2n) is 7.53. The predicted molar refractivity (Wildman–Crippen MR) is 128 cm³/mol. The van der Waals surface area contributed by atoms with E-state index < -0.39 is 5.82 Å². The van der Waals surface area contributed by atoms with E-state index in [0.717, 1.165) is 16.6 Å². The summed E-state index contributed by atoms with van der Waals surface area (Å²) >= 11 is 0. The van der Waals surface area contributed by atoms with Gasteiger partial charge in [-0.1, -0.05) is 0 Å². The molecule has 34 heavy (non-hydrogen) atoms. The van der Waals surface area contributed by atoms with E-state index >= 15 is 0 Å². The number of rotatable bonds is 5. The number of halogens is 1. The largest absolute Gasteiger partial charge is 0.322 e. The molecule has 0 unspecified atom stereocenters. The van der Waals surface area contributed by atoms with Crippen LogP contribution >= 0.6 is 0 Å². The summed E-state index contributed by atoms with van der Waals surface area (Å²) < 4.78 is 14.9. The van der Waals surface area contributed by atoms with Crippen molar-refractivity contribution >= 4 is 34.1 Å². The number of nitrogens with zero attached hydrogens (tertiary/aromatic N) is 3. The van der Waals surface area contributed by atoms with Crippen LogP contribution in [0.5, 0.6) is 0 Å². The van der Waals surface area contributed by atoms with Gasteiger partial charge in [0.05, 0.1) is 17.4 Å². The molecule has 166 valence electrons. The minimum Gasteiger partial charge on any atom is -0.322 e. The third-order valence-corrected chi connectivity index (χ3v) is 5.24. The second kappa shape index (κ2) is 8.95. The van der Waals surface area contributed by atoms with Crippen LogP contribution < -0.4 is 10.6 Å². The van der Waals surface area contributed by atoms with Gasteiger partial charge in [-0.05, 0) is 78.9 Å².